The lowest BCUT2D eigenvalue weighted by molar-refractivity contribution is 0.0681. The Morgan fingerprint density at radius 2 is 1.64 bits per heavy atom. The Labute approximate surface area is 245 Å². The normalized spacial score (nSPS) is 19.0. The summed E-state index contributed by atoms with van der Waals surface area (Å²) in [5.74, 6) is 0.0888. The van der Waals surface area contributed by atoms with Crippen molar-refractivity contribution in [1.29, 1.82) is 0 Å². The number of anilines is 1. The van der Waals surface area contributed by atoms with Gasteiger partial charge in [0.1, 0.15) is 0 Å². The standard InChI is InChI=1S/C33H36N6O3/c1-42-24-15-13-23(14-16-24)37-33-36-20-28-29(25-7-3-4-8-26(25)31(34)40)35-19-27(30(28)38-33)21-9-11-22(12-10-21)32(41)39-17-5-2-6-18-39/h3-4,7-12,19-20,23-24H,2,5-6,13-18H2,1H3,(H2,34,40)(H,36,37,38). The molecule has 9 heteroatoms. The second-order valence-electron chi connectivity index (χ2n) is 11.2. The average molecular weight is 565 g/mol. The highest BCUT2D eigenvalue weighted by molar-refractivity contribution is 6.06. The minimum Gasteiger partial charge on any atom is -0.381 e. The largest absolute Gasteiger partial charge is 0.381 e. The predicted octanol–water partition coefficient (Wildman–Crippen LogP) is 5.45. The van der Waals surface area contributed by atoms with Gasteiger partial charge in [-0.3, -0.25) is 14.6 Å². The summed E-state index contributed by atoms with van der Waals surface area (Å²) in [6.07, 6.45) is 11.1. The SMILES string of the molecule is COC1CCC(Nc2ncc3c(-c4ccccc4C(N)=O)ncc(-c4ccc(C(=O)N5CCCCC5)cc4)c3n2)CC1. The number of pyridine rings is 1. The van der Waals surface area contributed by atoms with Crippen LogP contribution in [0.4, 0.5) is 5.95 Å². The minimum absolute atomic E-state index is 0.0691. The van der Waals surface area contributed by atoms with Crippen LogP contribution in [0.2, 0.25) is 0 Å². The van der Waals surface area contributed by atoms with E-state index in [9.17, 15) is 9.59 Å². The number of aromatic nitrogens is 3. The summed E-state index contributed by atoms with van der Waals surface area (Å²) < 4.78 is 5.53. The molecule has 0 spiro atoms. The van der Waals surface area contributed by atoms with Crippen LogP contribution >= 0.6 is 0 Å². The summed E-state index contributed by atoms with van der Waals surface area (Å²) >= 11 is 0. The van der Waals surface area contributed by atoms with E-state index in [2.05, 4.69) is 10.3 Å². The van der Waals surface area contributed by atoms with Gasteiger partial charge < -0.3 is 20.7 Å². The molecule has 1 saturated carbocycles. The van der Waals surface area contributed by atoms with E-state index in [0.717, 1.165) is 62.7 Å². The maximum absolute atomic E-state index is 13.1. The third-order valence-electron chi connectivity index (χ3n) is 8.50. The Morgan fingerprint density at radius 1 is 0.905 bits per heavy atom. The van der Waals surface area contributed by atoms with Crippen LogP contribution in [0.1, 0.15) is 65.7 Å². The van der Waals surface area contributed by atoms with Gasteiger partial charge in [-0.25, -0.2) is 9.97 Å². The maximum atomic E-state index is 13.1. The predicted molar refractivity (Wildman–Crippen MR) is 163 cm³/mol. The molecule has 2 aliphatic rings. The number of benzene rings is 2. The Morgan fingerprint density at radius 3 is 2.36 bits per heavy atom. The summed E-state index contributed by atoms with van der Waals surface area (Å²) in [6.45, 7) is 1.62. The smallest absolute Gasteiger partial charge is 0.253 e. The van der Waals surface area contributed by atoms with Gasteiger partial charge in [0.2, 0.25) is 11.9 Å². The van der Waals surface area contributed by atoms with Crippen LogP contribution < -0.4 is 11.1 Å². The van der Waals surface area contributed by atoms with Crippen LogP contribution in [0.25, 0.3) is 33.3 Å². The van der Waals surface area contributed by atoms with Crippen LogP contribution in [0.5, 0.6) is 0 Å². The molecule has 2 amide bonds. The Hall–Kier alpha value is -4.37. The Balaban J connectivity index is 1.39. The first-order chi connectivity index (χ1) is 20.5. The first-order valence-electron chi connectivity index (χ1n) is 14.8. The summed E-state index contributed by atoms with van der Waals surface area (Å²) in [6, 6.07) is 15.1. The van der Waals surface area contributed by atoms with Crippen LogP contribution in [0.3, 0.4) is 0 Å². The van der Waals surface area contributed by atoms with Crippen molar-refractivity contribution in [2.45, 2.75) is 57.1 Å². The summed E-state index contributed by atoms with van der Waals surface area (Å²) in [5, 5.41) is 4.23. The number of fused-ring (bicyclic) bond motifs is 1. The van der Waals surface area contributed by atoms with Crippen molar-refractivity contribution in [1.82, 2.24) is 19.9 Å². The van der Waals surface area contributed by atoms with E-state index in [1.807, 2.05) is 41.3 Å². The lowest BCUT2D eigenvalue weighted by Gasteiger charge is -2.28. The van der Waals surface area contributed by atoms with Crippen molar-refractivity contribution in [2.75, 3.05) is 25.5 Å². The van der Waals surface area contributed by atoms with Gasteiger partial charge in [0, 0.05) is 66.3 Å². The number of rotatable bonds is 7. The molecule has 9 nitrogen and oxygen atoms in total. The molecule has 1 aliphatic carbocycles. The first-order valence-corrected chi connectivity index (χ1v) is 14.8. The molecule has 216 valence electrons. The monoisotopic (exact) mass is 564 g/mol. The number of hydrogen-bond acceptors (Lipinski definition) is 7. The number of amides is 2. The van der Waals surface area contributed by atoms with Crippen LogP contribution in [0.15, 0.2) is 60.9 Å². The Kier molecular flexibility index (Phi) is 8.10. The van der Waals surface area contributed by atoms with E-state index in [4.69, 9.17) is 20.4 Å². The van der Waals surface area contributed by atoms with Gasteiger partial charge >= 0.3 is 0 Å². The zero-order chi connectivity index (χ0) is 29.1. The zero-order valence-electron chi connectivity index (χ0n) is 23.9. The molecule has 2 aromatic carbocycles. The highest BCUT2D eigenvalue weighted by atomic mass is 16.5. The van der Waals surface area contributed by atoms with Gasteiger partial charge in [0.15, 0.2) is 0 Å². The van der Waals surface area contributed by atoms with Crippen LogP contribution in [0, 0.1) is 0 Å². The minimum atomic E-state index is -0.524. The molecule has 3 N–H and O–H groups in total. The van der Waals surface area contributed by atoms with Crippen molar-refractivity contribution in [3.8, 4) is 22.4 Å². The fourth-order valence-electron chi connectivity index (χ4n) is 6.12. The topological polar surface area (TPSA) is 123 Å². The lowest BCUT2D eigenvalue weighted by atomic mass is 9.93. The highest BCUT2D eigenvalue weighted by Crippen LogP contribution is 2.35. The number of carbonyl (C=O) groups excluding carboxylic acids is 2. The van der Waals surface area contributed by atoms with Gasteiger partial charge in [0.25, 0.3) is 5.91 Å². The second-order valence-corrected chi connectivity index (χ2v) is 11.2. The molecule has 42 heavy (non-hydrogen) atoms. The number of nitrogens with two attached hydrogens (primary N) is 1. The molecule has 4 aromatic rings. The number of nitrogens with zero attached hydrogens (tertiary/aromatic N) is 4. The van der Waals surface area contributed by atoms with Crippen molar-refractivity contribution in [3.05, 3.63) is 72.1 Å². The third-order valence-corrected chi connectivity index (χ3v) is 8.50. The number of ether oxygens (including phenoxy) is 1. The molecule has 1 aliphatic heterocycles. The Bertz CT molecular complexity index is 1590. The number of nitrogens with one attached hydrogen (secondary N) is 1. The number of likely N-dealkylation sites (tertiary alicyclic amines) is 1. The number of hydrogen-bond donors (Lipinski definition) is 2. The number of piperidine rings is 1. The average Bonchev–Trinajstić information content (AvgIpc) is 3.04. The van der Waals surface area contributed by atoms with Crippen LogP contribution in [-0.2, 0) is 4.74 Å². The van der Waals surface area contributed by atoms with Crippen molar-refractivity contribution < 1.29 is 14.3 Å². The van der Waals surface area contributed by atoms with Gasteiger partial charge in [-0.05, 0) is 68.7 Å². The quantitative estimate of drug-likeness (QED) is 0.306. The van der Waals surface area contributed by atoms with Crippen LogP contribution in [-0.4, -0.2) is 64.0 Å². The molecule has 2 aromatic heterocycles. The van der Waals surface area contributed by atoms with Crippen molar-refractivity contribution >= 4 is 28.7 Å². The summed E-state index contributed by atoms with van der Waals surface area (Å²) in [5.41, 5.74) is 10.4. The maximum Gasteiger partial charge on any atom is 0.253 e. The molecule has 0 atom stereocenters. The number of primary amides is 1. The van der Waals surface area contributed by atoms with Gasteiger partial charge in [0.05, 0.1) is 17.3 Å². The second kappa shape index (κ2) is 12.2. The van der Waals surface area contributed by atoms with E-state index < -0.39 is 5.91 Å². The zero-order valence-corrected chi connectivity index (χ0v) is 23.9. The molecule has 3 heterocycles. The molecular formula is C33H36N6O3. The van der Waals surface area contributed by atoms with Gasteiger partial charge in [-0.1, -0.05) is 30.3 Å². The van der Waals surface area contributed by atoms with Gasteiger partial charge in [-0.15, -0.1) is 0 Å². The highest BCUT2D eigenvalue weighted by Gasteiger charge is 2.23. The molecule has 0 radical (unpaired) electrons. The van der Waals surface area contributed by atoms with E-state index in [-0.39, 0.29) is 11.9 Å². The molecule has 0 bridgehead atoms. The summed E-state index contributed by atoms with van der Waals surface area (Å²) in [4.78, 5) is 41.7. The van der Waals surface area contributed by atoms with E-state index in [0.29, 0.717) is 45.3 Å². The molecule has 2 fully saturated rings. The van der Waals surface area contributed by atoms with E-state index in [1.54, 1.807) is 31.6 Å². The number of methoxy groups -OCH3 is 1. The molecule has 1 saturated heterocycles. The fourth-order valence-corrected chi connectivity index (χ4v) is 6.12. The fraction of sp³-hybridized carbons (Fsp3) is 0.364. The lowest BCUT2D eigenvalue weighted by Crippen LogP contribution is -2.35. The van der Waals surface area contributed by atoms with Crippen molar-refractivity contribution in [3.63, 3.8) is 0 Å². The van der Waals surface area contributed by atoms with E-state index >= 15 is 0 Å². The molecule has 0 unspecified atom stereocenters. The van der Waals surface area contributed by atoms with Gasteiger partial charge in [-0.2, -0.15) is 0 Å². The van der Waals surface area contributed by atoms with Crippen molar-refractivity contribution in [2.24, 2.45) is 5.73 Å². The summed E-state index contributed by atoms with van der Waals surface area (Å²) in [7, 11) is 1.77. The number of carbonyl (C=O) groups is 2. The molecular weight excluding hydrogens is 528 g/mol. The third kappa shape index (κ3) is 5.69. The van der Waals surface area contributed by atoms with E-state index in [1.165, 1.54) is 6.42 Å². The first kappa shape index (κ1) is 27.8. The molecule has 6 rings (SSSR count).